The number of carbonyl (C=O) groups is 1. The number of nitrogens with zero attached hydrogens (tertiary/aromatic N) is 1. The maximum atomic E-state index is 12.2. The maximum absolute atomic E-state index is 12.2. The molecule has 1 amide bonds. The Labute approximate surface area is 135 Å². The lowest BCUT2D eigenvalue weighted by molar-refractivity contribution is -0.129. The number of amides is 1. The van der Waals surface area contributed by atoms with E-state index in [9.17, 15) is 4.79 Å². The topological polar surface area (TPSA) is 29.5 Å². The van der Waals surface area contributed by atoms with Gasteiger partial charge in [0.2, 0.25) is 5.91 Å². The second-order valence-electron chi connectivity index (χ2n) is 5.75. The van der Waals surface area contributed by atoms with Crippen molar-refractivity contribution in [3.8, 4) is 0 Å². The van der Waals surface area contributed by atoms with Gasteiger partial charge >= 0.3 is 0 Å². The van der Waals surface area contributed by atoms with Gasteiger partial charge in [-0.15, -0.1) is 11.3 Å². The Hall–Kier alpha value is -1.65. The van der Waals surface area contributed by atoms with Gasteiger partial charge < -0.3 is 9.64 Å². The van der Waals surface area contributed by atoms with Crippen molar-refractivity contribution in [3.05, 3.63) is 58.3 Å². The van der Waals surface area contributed by atoms with Crippen LogP contribution in [0.3, 0.4) is 0 Å². The molecule has 0 radical (unpaired) electrons. The van der Waals surface area contributed by atoms with Gasteiger partial charge in [-0.3, -0.25) is 4.79 Å². The zero-order valence-corrected chi connectivity index (χ0v) is 13.4. The number of ether oxygens (including phenoxy) is 1. The molecule has 116 valence electrons. The van der Waals surface area contributed by atoms with Crippen molar-refractivity contribution in [3.63, 3.8) is 0 Å². The van der Waals surface area contributed by atoms with Crippen molar-refractivity contribution in [2.75, 3.05) is 19.7 Å². The number of carbonyl (C=O) groups excluding carboxylic acids is 1. The lowest BCUT2D eigenvalue weighted by Gasteiger charge is -2.16. The molecule has 1 aliphatic heterocycles. The average Bonchev–Trinajstić information content (AvgIpc) is 3.20. The molecule has 0 spiro atoms. The summed E-state index contributed by atoms with van der Waals surface area (Å²) in [7, 11) is 0. The molecule has 1 saturated heterocycles. The molecule has 1 aromatic carbocycles. The number of benzene rings is 1. The van der Waals surface area contributed by atoms with E-state index < -0.39 is 0 Å². The lowest BCUT2D eigenvalue weighted by Crippen LogP contribution is -2.30. The first-order valence-electron chi connectivity index (χ1n) is 7.73. The predicted molar refractivity (Wildman–Crippen MR) is 88.8 cm³/mol. The molecule has 0 aliphatic carbocycles. The van der Waals surface area contributed by atoms with E-state index in [-0.39, 0.29) is 5.91 Å². The van der Waals surface area contributed by atoms with Crippen LogP contribution < -0.4 is 0 Å². The first-order valence-corrected chi connectivity index (χ1v) is 8.61. The molecule has 3 nitrogen and oxygen atoms in total. The Morgan fingerprint density at radius 2 is 2.09 bits per heavy atom. The SMILES string of the molecule is O=C(Cc1cccs1)N1CC[C@@H](COCc2ccccc2)C1. The Kier molecular flexibility index (Phi) is 5.24. The molecule has 2 aromatic rings. The molecule has 1 fully saturated rings. The van der Waals surface area contributed by atoms with Crippen LogP contribution in [0.2, 0.25) is 0 Å². The second kappa shape index (κ2) is 7.56. The minimum absolute atomic E-state index is 0.244. The summed E-state index contributed by atoms with van der Waals surface area (Å²) in [6, 6.07) is 14.2. The highest BCUT2D eigenvalue weighted by Crippen LogP contribution is 2.19. The van der Waals surface area contributed by atoms with Gasteiger partial charge in [0.25, 0.3) is 0 Å². The van der Waals surface area contributed by atoms with Gasteiger partial charge in [0.15, 0.2) is 0 Å². The van der Waals surface area contributed by atoms with Crippen molar-refractivity contribution in [1.82, 2.24) is 4.90 Å². The van der Waals surface area contributed by atoms with E-state index in [0.29, 0.717) is 18.9 Å². The quantitative estimate of drug-likeness (QED) is 0.818. The molecule has 22 heavy (non-hydrogen) atoms. The summed E-state index contributed by atoms with van der Waals surface area (Å²) in [6.07, 6.45) is 1.58. The maximum Gasteiger partial charge on any atom is 0.227 e. The molecule has 3 rings (SSSR count). The third kappa shape index (κ3) is 4.18. The molecule has 0 N–H and O–H groups in total. The van der Waals surface area contributed by atoms with Crippen LogP contribution in [0.25, 0.3) is 0 Å². The van der Waals surface area contributed by atoms with Crippen molar-refractivity contribution >= 4 is 17.2 Å². The molecular formula is C18H21NO2S. The van der Waals surface area contributed by atoms with Gasteiger partial charge in [0, 0.05) is 23.9 Å². The summed E-state index contributed by atoms with van der Waals surface area (Å²) >= 11 is 1.65. The van der Waals surface area contributed by atoms with Crippen LogP contribution in [0.4, 0.5) is 0 Å². The van der Waals surface area contributed by atoms with Crippen LogP contribution in [0, 0.1) is 5.92 Å². The molecule has 1 aromatic heterocycles. The van der Waals surface area contributed by atoms with Crippen molar-refractivity contribution < 1.29 is 9.53 Å². The minimum Gasteiger partial charge on any atom is -0.376 e. The van der Waals surface area contributed by atoms with E-state index in [4.69, 9.17) is 4.74 Å². The standard InChI is InChI=1S/C18H21NO2S/c20-18(11-17-7-4-10-22-17)19-9-8-16(12-19)14-21-13-15-5-2-1-3-6-15/h1-7,10,16H,8-9,11-14H2/t16-/m1/s1. The van der Waals surface area contributed by atoms with Crippen LogP contribution in [0.1, 0.15) is 16.9 Å². The number of hydrogen-bond donors (Lipinski definition) is 0. The molecule has 0 bridgehead atoms. The fraction of sp³-hybridized carbons (Fsp3) is 0.389. The van der Waals surface area contributed by atoms with Crippen molar-refractivity contribution in [2.24, 2.45) is 5.92 Å². The fourth-order valence-corrected chi connectivity index (χ4v) is 3.48. The predicted octanol–water partition coefficient (Wildman–Crippen LogP) is 3.36. The second-order valence-corrected chi connectivity index (χ2v) is 6.78. The van der Waals surface area contributed by atoms with Crippen LogP contribution >= 0.6 is 11.3 Å². The van der Waals surface area contributed by atoms with E-state index in [1.165, 1.54) is 5.56 Å². The summed E-state index contributed by atoms with van der Waals surface area (Å²) in [6.45, 7) is 3.08. The number of hydrogen-bond acceptors (Lipinski definition) is 3. The van der Waals surface area contributed by atoms with Gasteiger partial charge in [-0.1, -0.05) is 36.4 Å². The Balaban J connectivity index is 1.39. The van der Waals surface area contributed by atoms with Crippen LogP contribution in [-0.2, 0) is 22.6 Å². The first-order chi connectivity index (χ1) is 10.8. The smallest absolute Gasteiger partial charge is 0.227 e. The highest BCUT2D eigenvalue weighted by molar-refractivity contribution is 7.10. The summed E-state index contributed by atoms with van der Waals surface area (Å²) in [5, 5.41) is 2.02. The zero-order valence-electron chi connectivity index (χ0n) is 12.6. The van der Waals surface area contributed by atoms with Crippen LogP contribution in [0.5, 0.6) is 0 Å². The summed E-state index contributed by atoms with van der Waals surface area (Å²) < 4.78 is 5.80. The van der Waals surface area contributed by atoms with Crippen molar-refractivity contribution in [1.29, 1.82) is 0 Å². The first kappa shape index (κ1) is 15.3. The van der Waals surface area contributed by atoms with E-state index in [1.54, 1.807) is 11.3 Å². The van der Waals surface area contributed by atoms with E-state index in [2.05, 4.69) is 12.1 Å². The fourth-order valence-electron chi connectivity index (χ4n) is 2.79. The van der Waals surface area contributed by atoms with E-state index >= 15 is 0 Å². The molecular weight excluding hydrogens is 294 g/mol. The third-order valence-corrected chi connectivity index (χ3v) is 4.89. The highest BCUT2D eigenvalue weighted by Gasteiger charge is 2.26. The number of thiophene rings is 1. The lowest BCUT2D eigenvalue weighted by atomic mass is 10.1. The highest BCUT2D eigenvalue weighted by atomic mass is 32.1. The summed E-state index contributed by atoms with van der Waals surface area (Å²) in [4.78, 5) is 15.4. The normalized spacial score (nSPS) is 17.8. The summed E-state index contributed by atoms with van der Waals surface area (Å²) in [5.41, 5.74) is 1.20. The molecule has 1 aliphatic rings. The van der Waals surface area contributed by atoms with Gasteiger partial charge in [0.05, 0.1) is 19.6 Å². The Morgan fingerprint density at radius 3 is 2.86 bits per heavy atom. The summed E-state index contributed by atoms with van der Waals surface area (Å²) in [5.74, 6) is 0.712. The minimum atomic E-state index is 0.244. The molecule has 2 heterocycles. The number of rotatable bonds is 6. The van der Waals surface area contributed by atoms with Crippen LogP contribution in [-0.4, -0.2) is 30.5 Å². The molecule has 0 unspecified atom stereocenters. The van der Waals surface area contributed by atoms with Gasteiger partial charge in [0.1, 0.15) is 0 Å². The number of likely N-dealkylation sites (tertiary alicyclic amines) is 1. The Bertz CT molecular complexity index is 582. The van der Waals surface area contributed by atoms with Crippen LogP contribution in [0.15, 0.2) is 47.8 Å². The van der Waals surface area contributed by atoms with Gasteiger partial charge in [-0.2, -0.15) is 0 Å². The average molecular weight is 315 g/mol. The van der Waals surface area contributed by atoms with Crippen molar-refractivity contribution in [2.45, 2.75) is 19.4 Å². The third-order valence-electron chi connectivity index (χ3n) is 4.01. The monoisotopic (exact) mass is 315 g/mol. The largest absolute Gasteiger partial charge is 0.376 e. The Morgan fingerprint density at radius 1 is 1.23 bits per heavy atom. The van der Waals surface area contributed by atoms with Gasteiger partial charge in [-0.05, 0) is 23.4 Å². The van der Waals surface area contributed by atoms with Gasteiger partial charge in [-0.25, -0.2) is 0 Å². The molecule has 4 heteroatoms. The molecule has 1 atom stereocenters. The van der Waals surface area contributed by atoms with E-state index in [1.807, 2.05) is 40.6 Å². The molecule has 0 saturated carbocycles. The van der Waals surface area contributed by atoms with E-state index in [0.717, 1.165) is 31.0 Å². The zero-order chi connectivity index (χ0) is 15.2.